The molecule has 0 fully saturated rings. The van der Waals surface area contributed by atoms with E-state index in [1.54, 1.807) is 10.9 Å². The minimum atomic E-state index is 0.209. The van der Waals surface area contributed by atoms with E-state index in [1.807, 2.05) is 30.3 Å². The van der Waals surface area contributed by atoms with E-state index in [0.29, 0.717) is 11.6 Å². The first kappa shape index (κ1) is 13.6. The van der Waals surface area contributed by atoms with Gasteiger partial charge in [0.15, 0.2) is 11.6 Å². The number of fused-ring (bicyclic) bond motifs is 1. The molecule has 0 atom stereocenters. The summed E-state index contributed by atoms with van der Waals surface area (Å²) in [5.74, 6) is 2.17. The van der Waals surface area contributed by atoms with Crippen LogP contribution in [0.1, 0.15) is 25.6 Å². The Morgan fingerprint density at radius 1 is 1.09 bits per heavy atom. The van der Waals surface area contributed by atoms with Crippen molar-refractivity contribution in [3.05, 3.63) is 48.7 Å². The van der Waals surface area contributed by atoms with Crippen LogP contribution in [0.3, 0.4) is 0 Å². The van der Waals surface area contributed by atoms with Crippen LogP contribution in [0.25, 0.3) is 28.2 Å². The molecule has 7 heteroatoms. The number of nitrogens with one attached hydrogen (secondary N) is 1. The summed E-state index contributed by atoms with van der Waals surface area (Å²) < 4.78 is 1.78. The molecule has 23 heavy (non-hydrogen) atoms. The van der Waals surface area contributed by atoms with Gasteiger partial charge in [0.05, 0.1) is 11.2 Å². The molecule has 0 saturated carbocycles. The molecular weight excluding hydrogens is 290 g/mol. The summed E-state index contributed by atoms with van der Waals surface area (Å²) in [5, 5.41) is 12.5. The Morgan fingerprint density at radius 2 is 1.96 bits per heavy atom. The Balaban J connectivity index is 2.00. The fourth-order valence-corrected chi connectivity index (χ4v) is 2.47. The van der Waals surface area contributed by atoms with Gasteiger partial charge in [-0.2, -0.15) is 10.2 Å². The molecule has 0 unspecified atom stereocenters. The largest absolute Gasteiger partial charge is 0.257 e. The Morgan fingerprint density at radius 3 is 2.74 bits per heavy atom. The van der Waals surface area contributed by atoms with E-state index < -0.39 is 0 Å². The van der Waals surface area contributed by atoms with E-state index in [9.17, 15) is 0 Å². The third-order valence-electron chi connectivity index (χ3n) is 3.61. The number of aromatic nitrogens is 7. The number of nitrogens with zero attached hydrogens (tertiary/aromatic N) is 6. The van der Waals surface area contributed by atoms with Crippen molar-refractivity contribution in [3.8, 4) is 17.3 Å². The van der Waals surface area contributed by atoms with Crippen molar-refractivity contribution in [1.82, 2.24) is 34.9 Å². The molecule has 3 heterocycles. The predicted molar refractivity (Wildman–Crippen MR) is 86.1 cm³/mol. The van der Waals surface area contributed by atoms with Crippen molar-refractivity contribution in [2.45, 2.75) is 19.8 Å². The number of aromatic amines is 1. The molecule has 7 nitrogen and oxygen atoms in total. The minimum Gasteiger partial charge on any atom is -0.257 e. The Kier molecular flexibility index (Phi) is 3.11. The number of rotatable bonds is 3. The van der Waals surface area contributed by atoms with Gasteiger partial charge in [0.25, 0.3) is 0 Å². The van der Waals surface area contributed by atoms with Crippen LogP contribution in [0.2, 0.25) is 0 Å². The topological polar surface area (TPSA) is 85.2 Å². The summed E-state index contributed by atoms with van der Waals surface area (Å²) in [5.41, 5.74) is 1.74. The summed E-state index contributed by atoms with van der Waals surface area (Å²) in [6.07, 6.45) is 3.24. The van der Waals surface area contributed by atoms with Gasteiger partial charge < -0.3 is 0 Å². The minimum absolute atomic E-state index is 0.209. The fraction of sp³-hybridized carbons (Fsp3) is 0.188. The molecule has 1 aromatic carbocycles. The van der Waals surface area contributed by atoms with Gasteiger partial charge >= 0.3 is 0 Å². The number of hydrogen-bond donors (Lipinski definition) is 1. The third-order valence-corrected chi connectivity index (χ3v) is 3.61. The highest BCUT2D eigenvalue weighted by Gasteiger charge is 2.19. The van der Waals surface area contributed by atoms with Crippen LogP contribution >= 0.6 is 0 Å². The first-order chi connectivity index (χ1) is 11.2. The van der Waals surface area contributed by atoms with E-state index in [4.69, 9.17) is 0 Å². The number of pyridine rings is 1. The summed E-state index contributed by atoms with van der Waals surface area (Å²) in [4.78, 5) is 13.3. The van der Waals surface area contributed by atoms with Crippen molar-refractivity contribution >= 4 is 10.9 Å². The molecule has 0 aliphatic carbocycles. The normalized spacial score (nSPS) is 11.4. The molecule has 0 saturated heterocycles. The van der Waals surface area contributed by atoms with Gasteiger partial charge in [-0.3, -0.25) is 10.1 Å². The van der Waals surface area contributed by atoms with Crippen molar-refractivity contribution in [2.24, 2.45) is 0 Å². The van der Waals surface area contributed by atoms with Gasteiger partial charge in [0, 0.05) is 17.5 Å². The summed E-state index contributed by atoms with van der Waals surface area (Å²) in [6, 6.07) is 9.94. The average molecular weight is 305 g/mol. The molecule has 1 N–H and O–H groups in total. The van der Waals surface area contributed by atoms with Gasteiger partial charge in [-0.25, -0.2) is 14.6 Å². The maximum Gasteiger partial charge on any atom is 0.200 e. The van der Waals surface area contributed by atoms with Gasteiger partial charge in [-0.05, 0) is 12.1 Å². The Bertz CT molecular complexity index is 948. The second-order valence-electron chi connectivity index (χ2n) is 5.55. The molecule has 0 spiro atoms. The SMILES string of the molecule is CC(C)c1nc(-c2ncn[nH]2)n(-c2cccc3cccnc23)n1. The highest BCUT2D eigenvalue weighted by atomic mass is 15.4. The number of H-pyrrole nitrogens is 1. The first-order valence-electron chi connectivity index (χ1n) is 7.41. The van der Waals surface area contributed by atoms with Crippen LogP contribution in [0.4, 0.5) is 0 Å². The lowest BCUT2D eigenvalue weighted by Crippen LogP contribution is -2.02. The van der Waals surface area contributed by atoms with Crippen LogP contribution in [-0.2, 0) is 0 Å². The van der Waals surface area contributed by atoms with E-state index in [0.717, 1.165) is 22.4 Å². The molecule has 0 bridgehead atoms. The van der Waals surface area contributed by atoms with E-state index in [2.05, 4.69) is 44.1 Å². The van der Waals surface area contributed by atoms with Gasteiger partial charge in [-0.15, -0.1) is 0 Å². The van der Waals surface area contributed by atoms with E-state index in [-0.39, 0.29) is 5.92 Å². The van der Waals surface area contributed by atoms with Crippen molar-refractivity contribution < 1.29 is 0 Å². The standard InChI is InChI=1S/C16H15N7/c1-10(2)14-20-16(15-18-9-19-21-15)23(22-14)12-7-3-5-11-6-4-8-17-13(11)12/h3-10H,1-2H3,(H,18,19,21). The van der Waals surface area contributed by atoms with Crippen molar-refractivity contribution in [3.63, 3.8) is 0 Å². The zero-order valence-electron chi connectivity index (χ0n) is 12.8. The lowest BCUT2D eigenvalue weighted by Gasteiger charge is -2.07. The molecule has 0 aliphatic heterocycles. The number of para-hydroxylation sites is 1. The molecule has 0 radical (unpaired) electrons. The highest BCUT2D eigenvalue weighted by Crippen LogP contribution is 2.25. The maximum atomic E-state index is 4.66. The Hall–Kier alpha value is -3.09. The molecule has 4 aromatic rings. The van der Waals surface area contributed by atoms with Crippen LogP contribution < -0.4 is 0 Å². The molecule has 3 aromatic heterocycles. The lowest BCUT2D eigenvalue weighted by atomic mass is 10.2. The van der Waals surface area contributed by atoms with Gasteiger partial charge in [-0.1, -0.05) is 32.0 Å². The fourth-order valence-electron chi connectivity index (χ4n) is 2.47. The smallest absolute Gasteiger partial charge is 0.200 e. The van der Waals surface area contributed by atoms with Crippen LogP contribution in [0.15, 0.2) is 42.9 Å². The summed E-state index contributed by atoms with van der Waals surface area (Å²) in [7, 11) is 0. The molecule has 114 valence electrons. The number of hydrogen-bond acceptors (Lipinski definition) is 5. The first-order valence-corrected chi connectivity index (χ1v) is 7.41. The molecule has 0 amide bonds. The van der Waals surface area contributed by atoms with Crippen LogP contribution in [-0.4, -0.2) is 34.9 Å². The zero-order chi connectivity index (χ0) is 15.8. The second kappa shape index (κ2) is 5.28. The second-order valence-corrected chi connectivity index (χ2v) is 5.55. The molecular formula is C16H15N7. The Labute approximate surface area is 132 Å². The third kappa shape index (κ3) is 2.26. The highest BCUT2D eigenvalue weighted by molar-refractivity contribution is 5.86. The molecule has 4 rings (SSSR count). The van der Waals surface area contributed by atoms with Crippen molar-refractivity contribution in [1.29, 1.82) is 0 Å². The van der Waals surface area contributed by atoms with Gasteiger partial charge in [0.1, 0.15) is 6.33 Å². The van der Waals surface area contributed by atoms with E-state index in [1.165, 1.54) is 6.33 Å². The average Bonchev–Trinajstić information content (AvgIpc) is 3.23. The molecule has 0 aliphatic rings. The zero-order valence-corrected chi connectivity index (χ0v) is 12.8. The van der Waals surface area contributed by atoms with Crippen molar-refractivity contribution in [2.75, 3.05) is 0 Å². The van der Waals surface area contributed by atoms with Gasteiger partial charge in [0.2, 0.25) is 5.82 Å². The quantitative estimate of drug-likeness (QED) is 0.629. The van der Waals surface area contributed by atoms with E-state index >= 15 is 0 Å². The number of benzene rings is 1. The lowest BCUT2D eigenvalue weighted by molar-refractivity contribution is 0.755. The summed E-state index contributed by atoms with van der Waals surface area (Å²) >= 11 is 0. The summed E-state index contributed by atoms with van der Waals surface area (Å²) in [6.45, 7) is 4.12. The monoisotopic (exact) mass is 305 g/mol. The predicted octanol–water partition coefficient (Wildman–Crippen LogP) is 2.72. The van der Waals surface area contributed by atoms with Crippen LogP contribution in [0.5, 0.6) is 0 Å². The maximum absolute atomic E-state index is 4.66. The van der Waals surface area contributed by atoms with Crippen LogP contribution in [0, 0.1) is 0 Å².